The molecule has 3 aromatic rings. The van der Waals surface area contributed by atoms with Gasteiger partial charge in [0.05, 0.1) is 10.9 Å². The molecule has 1 aromatic carbocycles. The first-order chi connectivity index (χ1) is 15.5. The lowest BCUT2D eigenvalue weighted by Gasteiger charge is -2.23. The zero-order chi connectivity index (χ0) is 22.4. The van der Waals surface area contributed by atoms with E-state index in [2.05, 4.69) is 9.88 Å². The maximum Gasteiger partial charge on any atom is 0.350 e. The Balaban J connectivity index is 1.40. The van der Waals surface area contributed by atoms with Crippen molar-refractivity contribution in [3.8, 4) is 5.75 Å². The Hall–Kier alpha value is -3.33. The molecule has 1 aliphatic heterocycles. The summed E-state index contributed by atoms with van der Waals surface area (Å²) in [5.74, 6) is 7.62. The zero-order valence-electron chi connectivity index (χ0n) is 18.1. The van der Waals surface area contributed by atoms with E-state index in [9.17, 15) is 9.59 Å². The second-order valence-corrected chi connectivity index (χ2v) is 8.81. The number of benzene rings is 1. The Morgan fingerprint density at radius 2 is 1.94 bits per heavy atom. The summed E-state index contributed by atoms with van der Waals surface area (Å²) in [7, 11) is 0. The number of ether oxygens (including phenoxy) is 1. The summed E-state index contributed by atoms with van der Waals surface area (Å²) in [6.45, 7) is 3.93. The van der Waals surface area contributed by atoms with Crippen LogP contribution in [-0.4, -0.2) is 40.0 Å². The number of aryl methyl sites for hydroxylation is 1. The van der Waals surface area contributed by atoms with Crippen LogP contribution >= 0.6 is 0 Å². The number of rotatable bonds is 6. The van der Waals surface area contributed by atoms with Crippen molar-refractivity contribution in [3.63, 3.8) is 0 Å². The van der Waals surface area contributed by atoms with Gasteiger partial charge in [0.15, 0.2) is 0 Å². The van der Waals surface area contributed by atoms with E-state index in [4.69, 9.17) is 16.3 Å². The minimum Gasteiger partial charge on any atom is -0.492 e. The van der Waals surface area contributed by atoms with E-state index in [1.807, 2.05) is 37.3 Å². The third kappa shape index (κ3) is 3.52. The molecule has 2 atom stereocenters. The van der Waals surface area contributed by atoms with E-state index >= 15 is 0 Å². The van der Waals surface area contributed by atoms with E-state index in [1.54, 1.807) is 10.8 Å². The average Bonchev–Trinajstić information content (AvgIpc) is 3.52. The molecule has 0 amide bonds. The molecule has 1 saturated carbocycles. The van der Waals surface area contributed by atoms with Crippen molar-refractivity contribution < 1.29 is 4.74 Å². The van der Waals surface area contributed by atoms with Crippen LogP contribution < -0.4 is 32.5 Å². The molecule has 2 aromatic heterocycles. The van der Waals surface area contributed by atoms with Crippen molar-refractivity contribution in [2.24, 2.45) is 11.7 Å². The summed E-state index contributed by atoms with van der Waals surface area (Å²) in [4.78, 5) is 32.1. The fourth-order valence-corrected chi connectivity index (χ4v) is 4.65. The van der Waals surface area contributed by atoms with Crippen molar-refractivity contribution in [2.45, 2.75) is 38.3 Å². The maximum absolute atomic E-state index is 12.7. The standard InChI is InChI=1S/C23H28N6O3/c1-14-20-18(22(30)29(25)23(31)28(20)16-7-8-16)11-26-21(14)27-10-9-15(12-27)19(24)13-32-17-5-3-2-4-6-17/h2-6,11,15-16,19H,7-10,12-13,24-25H2,1H3. The van der Waals surface area contributed by atoms with Crippen molar-refractivity contribution in [1.82, 2.24) is 14.2 Å². The number of pyridine rings is 1. The highest BCUT2D eigenvalue weighted by atomic mass is 16.5. The molecular weight excluding hydrogens is 408 g/mol. The van der Waals surface area contributed by atoms with Gasteiger partial charge in [-0.2, -0.15) is 4.68 Å². The molecule has 9 heteroatoms. The molecule has 32 heavy (non-hydrogen) atoms. The van der Waals surface area contributed by atoms with Crippen LogP contribution in [0.4, 0.5) is 5.82 Å². The minimum atomic E-state index is -0.511. The Morgan fingerprint density at radius 1 is 1.19 bits per heavy atom. The zero-order valence-corrected chi connectivity index (χ0v) is 18.1. The molecule has 0 bridgehead atoms. The van der Waals surface area contributed by atoms with Crippen LogP contribution in [0.1, 0.15) is 30.9 Å². The van der Waals surface area contributed by atoms with Gasteiger partial charge in [0, 0.05) is 36.9 Å². The fraction of sp³-hybridized carbons (Fsp3) is 0.435. The van der Waals surface area contributed by atoms with E-state index in [0.717, 1.165) is 49.5 Å². The van der Waals surface area contributed by atoms with Crippen LogP contribution in [0.25, 0.3) is 10.9 Å². The number of para-hydroxylation sites is 1. The first-order valence-electron chi connectivity index (χ1n) is 11.1. The van der Waals surface area contributed by atoms with E-state index in [0.29, 0.717) is 22.2 Å². The molecule has 5 rings (SSSR count). The fourth-order valence-electron chi connectivity index (χ4n) is 4.65. The van der Waals surface area contributed by atoms with Gasteiger partial charge in [0.25, 0.3) is 5.56 Å². The first-order valence-corrected chi connectivity index (χ1v) is 11.1. The van der Waals surface area contributed by atoms with Crippen molar-refractivity contribution in [3.05, 3.63) is 62.9 Å². The minimum absolute atomic E-state index is 0.0873. The molecule has 2 unspecified atom stereocenters. The van der Waals surface area contributed by atoms with Crippen LogP contribution in [0.3, 0.4) is 0 Å². The van der Waals surface area contributed by atoms with Gasteiger partial charge in [-0.1, -0.05) is 18.2 Å². The Morgan fingerprint density at radius 3 is 2.66 bits per heavy atom. The number of hydrogen-bond donors (Lipinski definition) is 2. The second-order valence-electron chi connectivity index (χ2n) is 8.81. The molecule has 1 aliphatic carbocycles. The van der Waals surface area contributed by atoms with Gasteiger partial charge in [-0.25, -0.2) is 9.78 Å². The Kier molecular flexibility index (Phi) is 5.13. The highest BCUT2D eigenvalue weighted by Gasteiger charge is 2.32. The smallest absolute Gasteiger partial charge is 0.350 e. The van der Waals surface area contributed by atoms with Gasteiger partial charge in [0.2, 0.25) is 0 Å². The van der Waals surface area contributed by atoms with Gasteiger partial charge >= 0.3 is 5.69 Å². The number of hydrogen-bond acceptors (Lipinski definition) is 7. The van der Waals surface area contributed by atoms with Crippen molar-refractivity contribution in [2.75, 3.05) is 30.4 Å². The first kappa shape index (κ1) is 20.6. The number of anilines is 1. The monoisotopic (exact) mass is 436 g/mol. The normalized spacial score (nSPS) is 19.4. The predicted octanol–water partition coefficient (Wildman–Crippen LogP) is 1.15. The van der Waals surface area contributed by atoms with Gasteiger partial charge in [-0.15, -0.1) is 0 Å². The van der Waals surface area contributed by atoms with Crippen LogP contribution in [0, 0.1) is 12.8 Å². The SMILES string of the molecule is Cc1c(N2CCC(C(N)COc3ccccc3)C2)ncc2c(=O)n(N)c(=O)n(C3CC3)c12. The number of aromatic nitrogens is 3. The molecule has 3 heterocycles. The topological polar surface area (TPSA) is 121 Å². The second kappa shape index (κ2) is 7.98. The van der Waals surface area contributed by atoms with Crippen LogP contribution in [-0.2, 0) is 0 Å². The summed E-state index contributed by atoms with van der Waals surface area (Å²) >= 11 is 0. The molecule has 168 valence electrons. The van der Waals surface area contributed by atoms with Gasteiger partial charge in [-0.3, -0.25) is 9.36 Å². The lowest BCUT2D eigenvalue weighted by molar-refractivity contribution is 0.253. The van der Waals surface area contributed by atoms with Gasteiger partial charge in [0.1, 0.15) is 18.2 Å². The van der Waals surface area contributed by atoms with Crippen LogP contribution in [0.5, 0.6) is 5.75 Å². The molecule has 0 radical (unpaired) electrons. The third-order valence-corrected chi connectivity index (χ3v) is 6.59. The average molecular weight is 437 g/mol. The van der Waals surface area contributed by atoms with Gasteiger partial charge in [-0.05, 0) is 44.2 Å². The van der Waals surface area contributed by atoms with E-state index in [1.165, 1.54) is 0 Å². The maximum atomic E-state index is 12.7. The van der Waals surface area contributed by atoms with Gasteiger partial charge < -0.3 is 21.2 Å². The third-order valence-electron chi connectivity index (χ3n) is 6.59. The summed E-state index contributed by atoms with van der Waals surface area (Å²) < 4.78 is 8.21. The Bertz CT molecular complexity index is 1260. The highest BCUT2D eigenvalue weighted by Crippen LogP contribution is 2.37. The molecule has 0 spiro atoms. The van der Waals surface area contributed by atoms with Crippen molar-refractivity contribution in [1.29, 1.82) is 0 Å². The summed E-state index contributed by atoms with van der Waals surface area (Å²) in [6, 6.07) is 9.65. The number of nitrogen functional groups attached to an aromatic ring is 1. The molecule has 2 fully saturated rings. The van der Waals surface area contributed by atoms with Crippen LogP contribution in [0.2, 0.25) is 0 Å². The molecule has 9 nitrogen and oxygen atoms in total. The van der Waals surface area contributed by atoms with Crippen LogP contribution in [0.15, 0.2) is 46.1 Å². The molecule has 4 N–H and O–H groups in total. The van der Waals surface area contributed by atoms with E-state index in [-0.39, 0.29) is 18.0 Å². The van der Waals surface area contributed by atoms with Crippen molar-refractivity contribution >= 4 is 16.7 Å². The summed E-state index contributed by atoms with van der Waals surface area (Å²) in [5.41, 5.74) is 6.95. The largest absolute Gasteiger partial charge is 0.492 e. The molecular formula is C23H28N6O3. The highest BCUT2D eigenvalue weighted by molar-refractivity contribution is 5.84. The lowest BCUT2D eigenvalue weighted by Crippen LogP contribution is -2.44. The number of fused-ring (bicyclic) bond motifs is 1. The quantitative estimate of drug-likeness (QED) is 0.556. The lowest BCUT2D eigenvalue weighted by atomic mass is 10.0. The number of nitrogens with two attached hydrogens (primary N) is 2. The molecule has 2 aliphatic rings. The Labute approximate surface area is 185 Å². The number of nitrogens with zero attached hydrogens (tertiary/aromatic N) is 4. The summed E-state index contributed by atoms with van der Waals surface area (Å²) in [5, 5.41) is 0.379. The summed E-state index contributed by atoms with van der Waals surface area (Å²) in [6.07, 6.45) is 4.30. The molecule has 1 saturated heterocycles. The predicted molar refractivity (Wildman–Crippen MR) is 124 cm³/mol. The van der Waals surface area contributed by atoms with E-state index < -0.39 is 11.2 Å².